The molecule has 1 N–H and O–H groups in total. The maximum Gasteiger partial charge on any atom is 0.222 e. The molecule has 0 saturated carbocycles. The number of ether oxygens (including phenoxy) is 2. The predicted octanol–water partition coefficient (Wildman–Crippen LogP) is 4.65. The molecule has 0 fully saturated rings. The Morgan fingerprint density at radius 2 is 1.84 bits per heavy atom. The third-order valence-electron chi connectivity index (χ3n) is 5.55. The number of methoxy groups -OCH3 is 1. The molecule has 0 aliphatic carbocycles. The summed E-state index contributed by atoms with van der Waals surface area (Å²) in [4.78, 5) is 2.21. The van der Waals surface area contributed by atoms with E-state index >= 15 is 0 Å². The average molecular weight is 438 g/mol. The fourth-order valence-electron chi connectivity index (χ4n) is 3.60. The van der Waals surface area contributed by atoms with Crippen LogP contribution in [0.15, 0.2) is 54.6 Å². The van der Waals surface area contributed by atoms with E-state index in [0.29, 0.717) is 32.1 Å². The highest BCUT2D eigenvalue weighted by Gasteiger charge is 2.24. The lowest BCUT2D eigenvalue weighted by Crippen LogP contribution is -2.36. The number of nitrogens with zero attached hydrogens (tertiary/aromatic N) is 3. The molecule has 6 nitrogen and oxygen atoms in total. The Morgan fingerprint density at radius 1 is 1.09 bits per heavy atom. The molecule has 1 aromatic heterocycles. The SMILES string of the molecule is COCCN(Cc1c(-c2ccccc2)nn(C)c1Oc1cccc(C)c1)C[C@H](O)C(C)C. The van der Waals surface area contributed by atoms with E-state index in [1.54, 1.807) is 11.8 Å². The molecule has 0 unspecified atom stereocenters. The lowest BCUT2D eigenvalue weighted by molar-refractivity contribution is 0.0589. The van der Waals surface area contributed by atoms with Gasteiger partial charge in [0.15, 0.2) is 0 Å². The van der Waals surface area contributed by atoms with Crippen molar-refractivity contribution in [3.63, 3.8) is 0 Å². The topological polar surface area (TPSA) is 59.8 Å². The second-order valence-electron chi connectivity index (χ2n) is 8.58. The molecule has 1 atom stereocenters. The van der Waals surface area contributed by atoms with Crippen LogP contribution in [-0.4, -0.2) is 52.7 Å². The van der Waals surface area contributed by atoms with E-state index < -0.39 is 6.10 Å². The monoisotopic (exact) mass is 437 g/mol. The van der Waals surface area contributed by atoms with Crippen molar-refractivity contribution in [2.24, 2.45) is 13.0 Å². The van der Waals surface area contributed by atoms with Crippen LogP contribution in [0.3, 0.4) is 0 Å². The van der Waals surface area contributed by atoms with E-state index in [2.05, 4.69) is 17.0 Å². The Morgan fingerprint density at radius 3 is 2.50 bits per heavy atom. The van der Waals surface area contributed by atoms with Gasteiger partial charge in [0.25, 0.3) is 0 Å². The largest absolute Gasteiger partial charge is 0.439 e. The normalized spacial score (nSPS) is 12.5. The molecule has 3 rings (SSSR count). The molecule has 0 aliphatic heterocycles. The molecule has 0 aliphatic rings. The quantitative estimate of drug-likeness (QED) is 0.473. The third kappa shape index (κ3) is 6.19. The fourth-order valence-corrected chi connectivity index (χ4v) is 3.60. The van der Waals surface area contributed by atoms with Gasteiger partial charge in [-0.3, -0.25) is 4.90 Å². The lowest BCUT2D eigenvalue weighted by atomic mass is 10.1. The number of aliphatic hydroxyl groups is 1. The van der Waals surface area contributed by atoms with Gasteiger partial charge in [-0.15, -0.1) is 0 Å². The van der Waals surface area contributed by atoms with Crippen LogP contribution in [0.4, 0.5) is 0 Å². The minimum absolute atomic E-state index is 0.172. The van der Waals surface area contributed by atoms with Gasteiger partial charge < -0.3 is 14.6 Å². The number of aliphatic hydroxyl groups excluding tert-OH is 1. The van der Waals surface area contributed by atoms with Crippen molar-refractivity contribution < 1.29 is 14.6 Å². The molecular weight excluding hydrogens is 402 g/mol. The molecule has 0 bridgehead atoms. The summed E-state index contributed by atoms with van der Waals surface area (Å²) in [5.74, 6) is 1.65. The molecule has 3 aromatic rings. The van der Waals surface area contributed by atoms with Crippen molar-refractivity contribution in [2.45, 2.75) is 33.4 Å². The van der Waals surface area contributed by atoms with Crippen LogP contribution in [0.1, 0.15) is 25.0 Å². The first kappa shape index (κ1) is 24.0. The number of aryl methyl sites for hydroxylation is 2. The summed E-state index contributed by atoms with van der Waals surface area (Å²) in [6.45, 7) is 8.54. The minimum Gasteiger partial charge on any atom is -0.439 e. The molecule has 0 radical (unpaired) electrons. The van der Waals surface area contributed by atoms with Crippen molar-refractivity contribution in [3.8, 4) is 22.9 Å². The van der Waals surface area contributed by atoms with Crippen LogP contribution in [0.5, 0.6) is 11.6 Å². The lowest BCUT2D eigenvalue weighted by Gasteiger charge is -2.27. The summed E-state index contributed by atoms with van der Waals surface area (Å²) < 4.78 is 13.5. The number of hydrogen-bond donors (Lipinski definition) is 1. The Labute approximate surface area is 191 Å². The molecule has 0 amide bonds. The van der Waals surface area contributed by atoms with Gasteiger partial charge in [0.1, 0.15) is 11.4 Å². The van der Waals surface area contributed by atoms with E-state index in [9.17, 15) is 5.11 Å². The number of hydrogen-bond acceptors (Lipinski definition) is 5. The summed E-state index contributed by atoms with van der Waals surface area (Å²) in [6, 6.07) is 18.2. The first-order chi connectivity index (χ1) is 15.4. The fraction of sp³-hybridized carbons (Fsp3) is 0.423. The van der Waals surface area contributed by atoms with Crippen LogP contribution < -0.4 is 4.74 Å². The van der Waals surface area contributed by atoms with Crippen LogP contribution in [0.25, 0.3) is 11.3 Å². The van der Waals surface area contributed by atoms with E-state index in [1.807, 2.05) is 70.3 Å². The van der Waals surface area contributed by atoms with Gasteiger partial charge in [0.05, 0.1) is 18.3 Å². The second kappa shape index (κ2) is 11.3. The zero-order chi connectivity index (χ0) is 23.1. The van der Waals surface area contributed by atoms with Gasteiger partial charge in [0, 0.05) is 39.4 Å². The highest BCUT2D eigenvalue weighted by atomic mass is 16.5. The average Bonchev–Trinajstić information content (AvgIpc) is 3.07. The number of aromatic nitrogens is 2. The maximum atomic E-state index is 10.6. The minimum atomic E-state index is -0.426. The third-order valence-corrected chi connectivity index (χ3v) is 5.55. The van der Waals surface area contributed by atoms with Crippen molar-refractivity contribution >= 4 is 0 Å². The predicted molar refractivity (Wildman–Crippen MR) is 128 cm³/mol. The Balaban J connectivity index is 2.01. The molecule has 32 heavy (non-hydrogen) atoms. The number of benzene rings is 2. The van der Waals surface area contributed by atoms with Crippen LogP contribution >= 0.6 is 0 Å². The summed E-state index contributed by atoms with van der Waals surface area (Å²) in [5.41, 5.74) is 4.05. The van der Waals surface area contributed by atoms with Crippen LogP contribution in [0.2, 0.25) is 0 Å². The molecular formula is C26H35N3O3. The van der Waals surface area contributed by atoms with Gasteiger partial charge in [-0.25, -0.2) is 4.68 Å². The molecule has 0 saturated heterocycles. The van der Waals surface area contributed by atoms with Gasteiger partial charge in [-0.1, -0.05) is 56.3 Å². The van der Waals surface area contributed by atoms with E-state index in [0.717, 1.165) is 28.1 Å². The van der Waals surface area contributed by atoms with Crippen LogP contribution in [0, 0.1) is 12.8 Å². The highest BCUT2D eigenvalue weighted by Crippen LogP contribution is 2.34. The smallest absolute Gasteiger partial charge is 0.222 e. The second-order valence-corrected chi connectivity index (χ2v) is 8.58. The number of rotatable bonds is 11. The Bertz CT molecular complexity index is 985. The summed E-state index contributed by atoms with van der Waals surface area (Å²) in [6.07, 6.45) is -0.426. The molecule has 6 heteroatoms. The first-order valence-electron chi connectivity index (χ1n) is 11.1. The molecule has 1 heterocycles. The highest BCUT2D eigenvalue weighted by molar-refractivity contribution is 5.65. The zero-order valence-corrected chi connectivity index (χ0v) is 19.8. The van der Waals surface area contributed by atoms with Gasteiger partial charge in [-0.2, -0.15) is 5.10 Å². The summed E-state index contributed by atoms with van der Waals surface area (Å²) in [5, 5.41) is 15.4. The Kier molecular flexibility index (Phi) is 8.45. The summed E-state index contributed by atoms with van der Waals surface area (Å²) >= 11 is 0. The molecule has 0 spiro atoms. The first-order valence-corrected chi connectivity index (χ1v) is 11.1. The summed E-state index contributed by atoms with van der Waals surface area (Å²) in [7, 11) is 3.60. The molecule has 2 aromatic carbocycles. The Hall–Kier alpha value is -2.67. The van der Waals surface area contributed by atoms with E-state index in [-0.39, 0.29) is 5.92 Å². The van der Waals surface area contributed by atoms with Crippen molar-refractivity contribution in [3.05, 3.63) is 65.7 Å². The van der Waals surface area contributed by atoms with Gasteiger partial charge in [-0.05, 0) is 30.5 Å². The van der Waals surface area contributed by atoms with Crippen LogP contribution in [-0.2, 0) is 18.3 Å². The molecule has 172 valence electrons. The van der Waals surface area contributed by atoms with Crippen molar-refractivity contribution in [2.75, 3.05) is 26.8 Å². The zero-order valence-electron chi connectivity index (χ0n) is 19.8. The van der Waals surface area contributed by atoms with E-state index in [1.165, 1.54) is 0 Å². The van der Waals surface area contributed by atoms with Gasteiger partial charge in [0.2, 0.25) is 5.88 Å². The van der Waals surface area contributed by atoms with Crippen molar-refractivity contribution in [1.29, 1.82) is 0 Å². The maximum absolute atomic E-state index is 10.6. The van der Waals surface area contributed by atoms with E-state index in [4.69, 9.17) is 14.6 Å². The van der Waals surface area contributed by atoms with Crippen molar-refractivity contribution in [1.82, 2.24) is 14.7 Å². The van der Waals surface area contributed by atoms with Gasteiger partial charge >= 0.3 is 0 Å². The standard InChI is InChI=1S/C26H35N3O3/c1-19(2)24(30)18-29(14-15-31-5)17-23-25(21-11-7-6-8-12-21)27-28(4)26(23)32-22-13-9-10-20(3)16-22/h6-13,16,19,24,30H,14-15,17-18H2,1-5H3/t24-/m0/s1.